The average Bonchev–Trinajstić information content (AvgIpc) is 2.26. The van der Waals surface area contributed by atoms with Crippen LogP contribution in [0.1, 0.15) is 10.4 Å². The number of nitrogens with zero attached hydrogens (tertiary/aromatic N) is 2. The maximum atomic E-state index is 11.2. The maximum Gasteiger partial charge on any atom is 0.253 e. The number of carbonyl (C=O) groups is 1. The lowest BCUT2D eigenvalue weighted by molar-refractivity contribution is 0.100. The lowest BCUT2D eigenvalue weighted by Crippen LogP contribution is -2.30. The maximum absolute atomic E-state index is 11.2. The third-order valence-electron chi connectivity index (χ3n) is 2.08. The zero-order chi connectivity index (χ0) is 14.6. The zero-order valence-corrected chi connectivity index (χ0v) is 11.7. The van der Waals surface area contributed by atoms with E-state index in [0.29, 0.717) is 11.3 Å². The van der Waals surface area contributed by atoms with Crippen LogP contribution in [-0.4, -0.2) is 45.5 Å². The number of benzene rings is 1. The third kappa shape index (κ3) is 4.96. The van der Waals surface area contributed by atoms with Crippen molar-refractivity contribution in [3.05, 3.63) is 29.8 Å². The van der Waals surface area contributed by atoms with E-state index < -0.39 is 15.9 Å². The molecule has 1 aromatic carbocycles. The van der Waals surface area contributed by atoms with Crippen LogP contribution < -0.4 is 11.1 Å². The Morgan fingerprint density at radius 3 is 2.47 bits per heavy atom. The Hall–Kier alpha value is -2.09. The highest BCUT2D eigenvalue weighted by molar-refractivity contribution is 7.89. The topological polar surface area (TPSA) is 105 Å². The van der Waals surface area contributed by atoms with Crippen LogP contribution in [0.3, 0.4) is 0 Å². The monoisotopic (exact) mass is 284 g/mol. The van der Waals surface area contributed by atoms with Gasteiger partial charge in [-0.3, -0.25) is 4.79 Å². The van der Waals surface area contributed by atoms with Crippen molar-refractivity contribution in [3.63, 3.8) is 0 Å². The molecule has 0 saturated carbocycles. The first-order chi connectivity index (χ1) is 8.69. The summed E-state index contributed by atoms with van der Waals surface area (Å²) < 4.78 is 25.9. The predicted octanol–water partition coefficient (Wildman–Crippen LogP) is 0.0746. The van der Waals surface area contributed by atoms with Crippen molar-refractivity contribution >= 4 is 27.6 Å². The molecule has 3 N–H and O–H groups in total. The summed E-state index contributed by atoms with van der Waals surface area (Å²) >= 11 is 0. The largest absolute Gasteiger partial charge is 0.366 e. The lowest BCUT2D eigenvalue weighted by atomic mass is 10.2. The molecule has 7 nitrogen and oxygen atoms in total. The molecule has 8 heteroatoms. The number of anilines is 1. The summed E-state index contributed by atoms with van der Waals surface area (Å²) in [6.45, 7) is 0. The number of hydrogen-bond acceptors (Lipinski definition) is 3. The SMILES string of the molecule is CN(C)C(=NS(C)(=O)=O)Nc1cccc(C(N)=O)c1. The minimum Gasteiger partial charge on any atom is -0.366 e. The van der Waals surface area contributed by atoms with Crippen LogP contribution in [0.2, 0.25) is 0 Å². The van der Waals surface area contributed by atoms with Gasteiger partial charge in [-0.05, 0) is 18.2 Å². The molecule has 104 valence electrons. The van der Waals surface area contributed by atoms with Gasteiger partial charge >= 0.3 is 0 Å². The first kappa shape index (κ1) is 15.0. The molecular formula is C11H16N4O3S. The van der Waals surface area contributed by atoms with Gasteiger partial charge in [0, 0.05) is 25.3 Å². The molecule has 0 unspecified atom stereocenters. The molecule has 0 aromatic heterocycles. The van der Waals surface area contributed by atoms with Gasteiger partial charge in [-0.25, -0.2) is 8.42 Å². The molecule has 1 rings (SSSR count). The molecule has 0 aliphatic rings. The molecule has 0 bridgehead atoms. The van der Waals surface area contributed by atoms with Crippen molar-refractivity contribution in [2.75, 3.05) is 25.7 Å². The molecule has 0 fully saturated rings. The van der Waals surface area contributed by atoms with Crippen LogP contribution in [0.5, 0.6) is 0 Å². The molecule has 0 aliphatic carbocycles. The second kappa shape index (κ2) is 5.70. The standard InChI is InChI=1S/C11H16N4O3S/c1-15(2)11(14-19(3,17)18)13-9-6-4-5-8(7-9)10(12)16/h4-7H,1-3H3,(H2,12,16)(H,13,14). The van der Waals surface area contributed by atoms with Crippen molar-refractivity contribution < 1.29 is 13.2 Å². The molecule has 1 aromatic rings. The predicted molar refractivity (Wildman–Crippen MR) is 74.5 cm³/mol. The summed E-state index contributed by atoms with van der Waals surface area (Å²) in [5.74, 6) is -0.417. The molecule has 0 radical (unpaired) electrons. The van der Waals surface area contributed by atoms with Gasteiger partial charge in [-0.1, -0.05) is 6.07 Å². The molecule has 0 saturated heterocycles. The molecule has 0 heterocycles. The van der Waals surface area contributed by atoms with Crippen molar-refractivity contribution in [3.8, 4) is 0 Å². The number of nitrogens with two attached hydrogens (primary N) is 1. The van der Waals surface area contributed by atoms with Gasteiger partial charge in [-0.2, -0.15) is 0 Å². The van der Waals surface area contributed by atoms with E-state index in [2.05, 4.69) is 9.71 Å². The second-order valence-corrected chi connectivity index (χ2v) is 5.76. The van der Waals surface area contributed by atoms with Crippen LogP contribution in [0.25, 0.3) is 0 Å². The summed E-state index contributed by atoms with van der Waals surface area (Å²) in [7, 11) is -0.227. The van der Waals surface area contributed by atoms with Gasteiger partial charge in [0.05, 0.1) is 6.26 Å². The van der Waals surface area contributed by atoms with Crippen LogP contribution in [0, 0.1) is 0 Å². The van der Waals surface area contributed by atoms with Crippen LogP contribution >= 0.6 is 0 Å². The highest BCUT2D eigenvalue weighted by atomic mass is 32.2. The van der Waals surface area contributed by atoms with Crippen molar-refractivity contribution in [1.29, 1.82) is 0 Å². The van der Waals surface area contributed by atoms with Gasteiger partial charge in [0.15, 0.2) is 0 Å². The van der Waals surface area contributed by atoms with Gasteiger partial charge in [0.2, 0.25) is 11.9 Å². The Morgan fingerprint density at radius 2 is 2.00 bits per heavy atom. The summed E-state index contributed by atoms with van der Waals surface area (Å²) in [5.41, 5.74) is 6.01. The van der Waals surface area contributed by atoms with E-state index in [-0.39, 0.29) is 5.96 Å². The Labute approximate surface area is 112 Å². The molecule has 0 aliphatic heterocycles. The van der Waals surface area contributed by atoms with E-state index in [1.165, 1.54) is 11.0 Å². The average molecular weight is 284 g/mol. The Kier molecular flexibility index (Phi) is 4.49. The zero-order valence-electron chi connectivity index (χ0n) is 10.9. The minimum absolute atomic E-state index is 0.143. The second-order valence-electron chi connectivity index (χ2n) is 4.11. The van der Waals surface area contributed by atoms with Crippen molar-refractivity contribution in [1.82, 2.24) is 4.90 Å². The van der Waals surface area contributed by atoms with Crippen LogP contribution in [0.15, 0.2) is 28.7 Å². The number of sulfonamides is 1. The highest BCUT2D eigenvalue weighted by Crippen LogP contribution is 2.11. The number of rotatable bonds is 3. The number of nitrogens with one attached hydrogen (secondary N) is 1. The summed E-state index contributed by atoms with van der Waals surface area (Å²) in [5, 5.41) is 2.82. The molecule has 0 spiro atoms. The highest BCUT2D eigenvalue weighted by Gasteiger charge is 2.08. The smallest absolute Gasteiger partial charge is 0.253 e. The summed E-state index contributed by atoms with van der Waals surface area (Å²) in [4.78, 5) is 12.6. The first-order valence-electron chi connectivity index (χ1n) is 5.33. The van der Waals surface area contributed by atoms with Gasteiger partial charge in [0.25, 0.3) is 10.0 Å². The van der Waals surface area contributed by atoms with E-state index in [1.54, 1.807) is 32.3 Å². The number of guanidine groups is 1. The molecule has 0 atom stereocenters. The molecular weight excluding hydrogens is 268 g/mol. The third-order valence-corrected chi connectivity index (χ3v) is 2.58. The van der Waals surface area contributed by atoms with Gasteiger partial charge in [-0.15, -0.1) is 4.40 Å². The molecule has 19 heavy (non-hydrogen) atoms. The normalized spacial score (nSPS) is 12.1. The van der Waals surface area contributed by atoms with E-state index >= 15 is 0 Å². The van der Waals surface area contributed by atoms with Gasteiger partial charge < -0.3 is 16.0 Å². The van der Waals surface area contributed by atoms with E-state index in [9.17, 15) is 13.2 Å². The van der Waals surface area contributed by atoms with Crippen molar-refractivity contribution in [2.45, 2.75) is 0 Å². The Bertz CT molecular complexity index is 608. The number of hydrogen-bond donors (Lipinski definition) is 2. The number of primary amides is 1. The minimum atomic E-state index is -3.52. The van der Waals surface area contributed by atoms with E-state index in [1.807, 2.05) is 0 Å². The summed E-state index contributed by atoms with van der Waals surface area (Å²) in [6, 6.07) is 6.39. The van der Waals surface area contributed by atoms with Gasteiger partial charge in [0.1, 0.15) is 0 Å². The lowest BCUT2D eigenvalue weighted by Gasteiger charge is -2.17. The van der Waals surface area contributed by atoms with E-state index in [0.717, 1.165) is 6.26 Å². The van der Waals surface area contributed by atoms with Crippen LogP contribution in [0.4, 0.5) is 5.69 Å². The molecule has 1 amide bonds. The van der Waals surface area contributed by atoms with E-state index in [4.69, 9.17) is 5.73 Å². The fourth-order valence-corrected chi connectivity index (χ4v) is 1.78. The number of amides is 1. The summed E-state index contributed by atoms with van der Waals surface area (Å²) in [6.07, 6.45) is 0.998. The van der Waals surface area contributed by atoms with Crippen molar-refractivity contribution in [2.24, 2.45) is 10.1 Å². The fraction of sp³-hybridized carbons (Fsp3) is 0.273. The number of carbonyl (C=O) groups excluding carboxylic acids is 1. The fourth-order valence-electron chi connectivity index (χ4n) is 1.25. The first-order valence-corrected chi connectivity index (χ1v) is 7.18. The Balaban J connectivity index is 3.08. The van der Waals surface area contributed by atoms with Crippen LogP contribution in [-0.2, 0) is 10.0 Å². The quantitative estimate of drug-likeness (QED) is 0.604. The Morgan fingerprint density at radius 1 is 1.37 bits per heavy atom.